The number of nitro groups is 1. The summed E-state index contributed by atoms with van der Waals surface area (Å²) in [6.07, 6.45) is 0. The van der Waals surface area contributed by atoms with E-state index < -0.39 is 4.92 Å². The van der Waals surface area contributed by atoms with E-state index in [0.717, 1.165) is 0 Å². The molecule has 0 fully saturated rings. The Labute approximate surface area is 106 Å². The van der Waals surface area contributed by atoms with Gasteiger partial charge < -0.3 is 10.6 Å². The van der Waals surface area contributed by atoms with Crippen LogP contribution in [-0.2, 0) is 0 Å². The fourth-order valence-corrected chi connectivity index (χ4v) is 1.52. The monoisotopic (exact) mass is 251 g/mol. The number of hydrogen-bond acceptors (Lipinski definition) is 4. The first kappa shape index (κ1) is 14.0. The van der Waals surface area contributed by atoms with E-state index in [1.54, 1.807) is 19.1 Å². The Hall–Kier alpha value is -2.11. The quantitative estimate of drug-likeness (QED) is 0.620. The maximum Gasteiger partial charge on any atom is 0.293 e. The van der Waals surface area contributed by atoms with Gasteiger partial charge in [0.2, 0.25) is 0 Å². The molecule has 1 aromatic carbocycles. The van der Waals surface area contributed by atoms with Gasteiger partial charge >= 0.3 is 0 Å². The lowest BCUT2D eigenvalue weighted by Gasteiger charge is -2.11. The number of carbonyl (C=O) groups is 1. The molecule has 0 radical (unpaired) electrons. The Morgan fingerprint density at radius 3 is 2.61 bits per heavy atom. The number of nitrogens with one attached hydrogen (secondary N) is 2. The van der Waals surface area contributed by atoms with Crippen molar-refractivity contribution in [1.29, 1.82) is 0 Å². The van der Waals surface area contributed by atoms with Gasteiger partial charge in [-0.3, -0.25) is 14.9 Å². The SMILES string of the molecule is CCNC(=O)c1ccc(NC(C)C)c([N+](=O)[O-])c1. The van der Waals surface area contributed by atoms with Crippen LogP contribution in [0.1, 0.15) is 31.1 Å². The van der Waals surface area contributed by atoms with Crippen molar-refractivity contribution in [1.82, 2.24) is 5.32 Å². The summed E-state index contributed by atoms with van der Waals surface area (Å²) in [5.41, 5.74) is 0.619. The summed E-state index contributed by atoms with van der Waals surface area (Å²) in [5, 5.41) is 16.6. The molecule has 0 heterocycles. The molecular formula is C12H17N3O3. The fourth-order valence-electron chi connectivity index (χ4n) is 1.52. The van der Waals surface area contributed by atoms with Gasteiger partial charge in [-0.2, -0.15) is 0 Å². The lowest BCUT2D eigenvalue weighted by atomic mass is 10.1. The van der Waals surface area contributed by atoms with Crippen LogP contribution in [0.2, 0.25) is 0 Å². The second-order valence-corrected chi connectivity index (χ2v) is 4.15. The van der Waals surface area contributed by atoms with Crippen molar-refractivity contribution >= 4 is 17.3 Å². The van der Waals surface area contributed by atoms with Gasteiger partial charge in [0, 0.05) is 24.2 Å². The first-order chi connectivity index (χ1) is 8.45. The molecule has 18 heavy (non-hydrogen) atoms. The van der Waals surface area contributed by atoms with E-state index in [-0.39, 0.29) is 23.2 Å². The Morgan fingerprint density at radius 2 is 2.11 bits per heavy atom. The van der Waals surface area contributed by atoms with Crippen molar-refractivity contribution in [3.8, 4) is 0 Å². The predicted molar refractivity (Wildman–Crippen MR) is 69.9 cm³/mol. The molecule has 0 atom stereocenters. The Bertz CT molecular complexity index is 458. The molecular weight excluding hydrogens is 234 g/mol. The van der Waals surface area contributed by atoms with Gasteiger partial charge in [-0.1, -0.05) is 0 Å². The number of carbonyl (C=O) groups excluding carboxylic acids is 1. The highest BCUT2D eigenvalue weighted by molar-refractivity contribution is 5.95. The van der Waals surface area contributed by atoms with Crippen molar-refractivity contribution in [2.75, 3.05) is 11.9 Å². The van der Waals surface area contributed by atoms with Crippen molar-refractivity contribution < 1.29 is 9.72 Å². The Kier molecular flexibility index (Phi) is 4.65. The first-order valence-corrected chi connectivity index (χ1v) is 5.78. The topological polar surface area (TPSA) is 84.3 Å². The highest BCUT2D eigenvalue weighted by Gasteiger charge is 2.17. The summed E-state index contributed by atoms with van der Waals surface area (Å²) in [6, 6.07) is 4.50. The summed E-state index contributed by atoms with van der Waals surface area (Å²) in [5.74, 6) is -0.309. The van der Waals surface area contributed by atoms with Gasteiger partial charge in [0.05, 0.1) is 4.92 Å². The molecule has 1 amide bonds. The predicted octanol–water partition coefficient (Wildman–Crippen LogP) is 2.16. The third-order valence-corrected chi connectivity index (χ3v) is 2.24. The van der Waals surface area contributed by atoms with E-state index in [9.17, 15) is 14.9 Å². The molecule has 0 aliphatic rings. The number of nitro benzene ring substituents is 1. The smallest absolute Gasteiger partial charge is 0.293 e. The zero-order valence-electron chi connectivity index (χ0n) is 10.7. The van der Waals surface area contributed by atoms with Gasteiger partial charge in [-0.15, -0.1) is 0 Å². The molecule has 98 valence electrons. The van der Waals surface area contributed by atoms with Crippen LogP contribution in [0.4, 0.5) is 11.4 Å². The molecule has 1 aromatic rings. The largest absolute Gasteiger partial charge is 0.377 e. The van der Waals surface area contributed by atoms with Gasteiger partial charge in [0.1, 0.15) is 5.69 Å². The molecule has 0 aliphatic carbocycles. The minimum atomic E-state index is -0.493. The van der Waals surface area contributed by atoms with Crippen LogP contribution in [0, 0.1) is 10.1 Å². The summed E-state index contributed by atoms with van der Waals surface area (Å²) in [4.78, 5) is 22.1. The molecule has 0 spiro atoms. The molecule has 0 bridgehead atoms. The highest BCUT2D eigenvalue weighted by atomic mass is 16.6. The lowest BCUT2D eigenvalue weighted by molar-refractivity contribution is -0.384. The van der Waals surface area contributed by atoms with E-state index in [0.29, 0.717) is 12.2 Å². The van der Waals surface area contributed by atoms with Crippen molar-refractivity contribution in [2.45, 2.75) is 26.8 Å². The molecule has 0 saturated heterocycles. The van der Waals surface area contributed by atoms with Crippen molar-refractivity contribution in [2.24, 2.45) is 0 Å². The van der Waals surface area contributed by atoms with Gasteiger partial charge in [0.25, 0.3) is 11.6 Å². The number of rotatable bonds is 5. The molecule has 6 nitrogen and oxygen atoms in total. The third kappa shape index (κ3) is 3.44. The Balaban J connectivity index is 3.10. The zero-order chi connectivity index (χ0) is 13.7. The van der Waals surface area contributed by atoms with Crippen LogP contribution in [0.5, 0.6) is 0 Å². The standard InChI is InChI=1S/C12H17N3O3/c1-4-13-12(16)9-5-6-10(14-8(2)3)11(7-9)15(17)18/h5-8,14H,4H2,1-3H3,(H,13,16). The van der Waals surface area contributed by atoms with Crippen LogP contribution in [-0.4, -0.2) is 23.4 Å². The highest BCUT2D eigenvalue weighted by Crippen LogP contribution is 2.26. The second kappa shape index (κ2) is 6.00. The average molecular weight is 251 g/mol. The number of hydrogen-bond donors (Lipinski definition) is 2. The van der Waals surface area contributed by atoms with E-state index in [1.165, 1.54) is 6.07 Å². The lowest BCUT2D eigenvalue weighted by Crippen LogP contribution is -2.22. The van der Waals surface area contributed by atoms with Crippen LogP contribution in [0.3, 0.4) is 0 Å². The summed E-state index contributed by atoms with van der Waals surface area (Å²) >= 11 is 0. The number of anilines is 1. The molecule has 0 aliphatic heterocycles. The van der Waals surface area contributed by atoms with Gasteiger partial charge in [-0.25, -0.2) is 0 Å². The summed E-state index contributed by atoms with van der Waals surface area (Å²) < 4.78 is 0. The van der Waals surface area contributed by atoms with Crippen LogP contribution in [0.25, 0.3) is 0 Å². The number of amides is 1. The van der Waals surface area contributed by atoms with Crippen LogP contribution >= 0.6 is 0 Å². The fraction of sp³-hybridized carbons (Fsp3) is 0.417. The van der Waals surface area contributed by atoms with E-state index in [1.807, 2.05) is 13.8 Å². The number of benzene rings is 1. The summed E-state index contributed by atoms with van der Waals surface area (Å²) in [7, 11) is 0. The molecule has 0 saturated carbocycles. The summed E-state index contributed by atoms with van der Waals surface area (Å²) in [6.45, 7) is 6.06. The van der Waals surface area contributed by atoms with Gasteiger partial charge in [0.15, 0.2) is 0 Å². The molecule has 0 aromatic heterocycles. The normalized spacial score (nSPS) is 10.2. The number of nitrogens with zero attached hydrogens (tertiary/aromatic N) is 1. The van der Waals surface area contributed by atoms with Crippen LogP contribution in [0.15, 0.2) is 18.2 Å². The maximum absolute atomic E-state index is 11.6. The third-order valence-electron chi connectivity index (χ3n) is 2.24. The maximum atomic E-state index is 11.6. The minimum absolute atomic E-state index is 0.0824. The zero-order valence-corrected chi connectivity index (χ0v) is 10.7. The van der Waals surface area contributed by atoms with Gasteiger partial charge in [-0.05, 0) is 32.9 Å². The Morgan fingerprint density at radius 1 is 1.44 bits per heavy atom. The van der Waals surface area contributed by atoms with E-state index in [2.05, 4.69) is 10.6 Å². The molecule has 0 unspecified atom stereocenters. The van der Waals surface area contributed by atoms with E-state index >= 15 is 0 Å². The second-order valence-electron chi connectivity index (χ2n) is 4.15. The van der Waals surface area contributed by atoms with E-state index in [4.69, 9.17) is 0 Å². The minimum Gasteiger partial charge on any atom is -0.377 e. The molecule has 6 heteroatoms. The first-order valence-electron chi connectivity index (χ1n) is 5.78. The molecule has 1 rings (SSSR count). The molecule has 2 N–H and O–H groups in total. The average Bonchev–Trinajstić information content (AvgIpc) is 2.28. The van der Waals surface area contributed by atoms with Crippen LogP contribution < -0.4 is 10.6 Å². The van der Waals surface area contributed by atoms with Crippen molar-refractivity contribution in [3.05, 3.63) is 33.9 Å². The van der Waals surface area contributed by atoms with Crippen molar-refractivity contribution in [3.63, 3.8) is 0 Å².